The van der Waals surface area contributed by atoms with E-state index in [1.165, 1.54) is 0 Å². The van der Waals surface area contributed by atoms with Crippen molar-refractivity contribution < 1.29 is 14.7 Å². The Balaban J connectivity index is 2.30. The van der Waals surface area contributed by atoms with E-state index >= 15 is 0 Å². The van der Waals surface area contributed by atoms with Gasteiger partial charge in [-0.25, -0.2) is 0 Å². The minimum absolute atomic E-state index is 0.0652. The van der Waals surface area contributed by atoms with Crippen molar-refractivity contribution in [2.75, 3.05) is 19.7 Å². The smallest absolute Gasteiger partial charge is 0.236 e. The number of hydrogen-bond donors (Lipinski definition) is 1. The summed E-state index contributed by atoms with van der Waals surface area (Å²) in [5.41, 5.74) is 0.744. The summed E-state index contributed by atoms with van der Waals surface area (Å²) in [4.78, 5) is 26.9. The number of ketones is 1. The zero-order chi connectivity index (χ0) is 14.8. The lowest BCUT2D eigenvalue weighted by Crippen LogP contribution is -2.41. The van der Waals surface area contributed by atoms with Crippen LogP contribution in [0.25, 0.3) is 0 Å². The normalized spacial score (nSPS) is 22.4. The molecule has 1 aromatic rings. The highest BCUT2D eigenvalue weighted by molar-refractivity contribution is 6.14. The van der Waals surface area contributed by atoms with Crippen molar-refractivity contribution in [2.24, 2.45) is 5.41 Å². The maximum atomic E-state index is 12.8. The first kappa shape index (κ1) is 14.7. The average Bonchev–Trinajstić information content (AvgIpc) is 2.78. The number of nitrogens with zero attached hydrogens (tertiary/aromatic N) is 1. The molecular weight excluding hydrogens is 254 g/mol. The topological polar surface area (TPSA) is 57.6 Å². The Hall–Kier alpha value is -1.68. The molecule has 0 aliphatic carbocycles. The number of aliphatic hydroxyl groups excluding tert-OH is 1. The standard InChI is InChI=1S/C16H21NO3/c1-3-16(8-9-17(10-11-18)15(16)20)14(19)13-6-4-12(2)5-7-13/h4-7,18H,3,8-11H2,1-2H3/t16-/m0/s1. The van der Waals surface area contributed by atoms with Crippen LogP contribution in [0.15, 0.2) is 24.3 Å². The first-order chi connectivity index (χ1) is 9.55. The van der Waals surface area contributed by atoms with Crippen LogP contribution in [0.3, 0.4) is 0 Å². The zero-order valence-electron chi connectivity index (χ0n) is 12.1. The third-order valence-electron chi connectivity index (χ3n) is 4.23. The second-order valence-corrected chi connectivity index (χ2v) is 5.40. The summed E-state index contributed by atoms with van der Waals surface area (Å²) in [7, 11) is 0. The Morgan fingerprint density at radius 1 is 1.35 bits per heavy atom. The molecule has 1 aromatic carbocycles. The molecule has 0 unspecified atom stereocenters. The van der Waals surface area contributed by atoms with Crippen LogP contribution in [0, 0.1) is 12.3 Å². The molecular formula is C16H21NO3. The fourth-order valence-electron chi connectivity index (χ4n) is 2.85. The van der Waals surface area contributed by atoms with E-state index in [1.54, 1.807) is 17.0 Å². The summed E-state index contributed by atoms with van der Waals surface area (Å²) in [5, 5.41) is 8.99. The largest absolute Gasteiger partial charge is 0.395 e. The summed E-state index contributed by atoms with van der Waals surface area (Å²) in [5.74, 6) is -0.231. The maximum absolute atomic E-state index is 12.8. The van der Waals surface area contributed by atoms with Gasteiger partial charge in [-0.05, 0) is 19.8 Å². The van der Waals surface area contributed by atoms with Crippen LogP contribution in [0.5, 0.6) is 0 Å². The van der Waals surface area contributed by atoms with Crippen molar-refractivity contribution >= 4 is 11.7 Å². The summed E-state index contributed by atoms with van der Waals surface area (Å²) in [6, 6.07) is 7.36. The Morgan fingerprint density at radius 2 is 2.00 bits per heavy atom. The predicted molar refractivity (Wildman–Crippen MR) is 76.5 cm³/mol. The lowest BCUT2D eigenvalue weighted by molar-refractivity contribution is -0.134. The molecule has 1 amide bonds. The Labute approximate surface area is 119 Å². The van der Waals surface area contributed by atoms with Crippen LogP contribution < -0.4 is 0 Å². The van der Waals surface area contributed by atoms with Gasteiger partial charge in [0.2, 0.25) is 5.91 Å². The molecule has 108 valence electrons. The molecule has 0 radical (unpaired) electrons. The first-order valence-electron chi connectivity index (χ1n) is 7.07. The number of β-amino-alcohol motifs (C(OH)–C–C–N with tert-alkyl or cyclic N) is 1. The second-order valence-electron chi connectivity index (χ2n) is 5.40. The third-order valence-corrected chi connectivity index (χ3v) is 4.23. The first-order valence-corrected chi connectivity index (χ1v) is 7.07. The summed E-state index contributed by atoms with van der Waals surface area (Å²) >= 11 is 0. The SMILES string of the molecule is CC[C@@]1(C(=O)c2ccc(C)cc2)CCN(CCO)C1=O. The number of likely N-dealkylation sites (tertiary alicyclic amines) is 1. The molecule has 2 rings (SSSR count). The molecule has 1 N–H and O–H groups in total. The minimum atomic E-state index is -0.940. The van der Waals surface area contributed by atoms with Crippen molar-refractivity contribution in [3.05, 3.63) is 35.4 Å². The van der Waals surface area contributed by atoms with Gasteiger partial charge in [-0.1, -0.05) is 36.8 Å². The van der Waals surface area contributed by atoms with Gasteiger partial charge in [-0.15, -0.1) is 0 Å². The number of aliphatic hydroxyl groups is 1. The molecule has 20 heavy (non-hydrogen) atoms. The maximum Gasteiger partial charge on any atom is 0.236 e. The van der Waals surface area contributed by atoms with Gasteiger partial charge < -0.3 is 10.0 Å². The van der Waals surface area contributed by atoms with E-state index < -0.39 is 5.41 Å². The van der Waals surface area contributed by atoms with Gasteiger partial charge in [-0.2, -0.15) is 0 Å². The Kier molecular flexibility index (Phi) is 4.23. The monoisotopic (exact) mass is 275 g/mol. The summed E-state index contributed by atoms with van der Waals surface area (Å²) in [6.45, 7) is 4.64. The number of rotatable bonds is 5. The number of carbonyl (C=O) groups is 2. The fraction of sp³-hybridized carbons (Fsp3) is 0.500. The molecule has 4 heteroatoms. The van der Waals surface area contributed by atoms with E-state index in [0.717, 1.165) is 5.56 Å². The van der Waals surface area contributed by atoms with Gasteiger partial charge in [0.25, 0.3) is 0 Å². The van der Waals surface area contributed by atoms with Crippen LogP contribution in [-0.2, 0) is 4.79 Å². The molecule has 1 aliphatic rings. The Morgan fingerprint density at radius 3 is 2.55 bits per heavy atom. The molecule has 4 nitrogen and oxygen atoms in total. The van der Waals surface area contributed by atoms with Gasteiger partial charge in [0, 0.05) is 18.7 Å². The predicted octanol–water partition coefficient (Wildman–Crippen LogP) is 1.80. The number of amides is 1. The number of carbonyl (C=O) groups excluding carboxylic acids is 2. The van der Waals surface area contributed by atoms with Crippen molar-refractivity contribution in [3.8, 4) is 0 Å². The van der Waals surface area contributed by atoms with Crippen LogP contribution in [0.1, 0.15) is 35.7 Å². The van der Waals surface area contributed by atoms with E-state index in [2.05, 4.69) is 0 Å². The van der Waals surface area contributed by atoms with Crippen molar-refractivity contribution in [1.29, 1.82) is 0 Å². The van der Waals surface area contributed by atoms with Crippen molar-refractivity contribution in [1.82, 2.24) is 4.90 Å². The van der Waals surface area contributed by atoms with Crippen molar-refractivity contribution in [2.45, 2.75) is 26.7 Å². The minimum Gasteiger partial charge on any atom is -0.395 e. The van der Waals surface area contributed by atoms with E-state index in [1.807, 2.05) is 26.0 Å². The van der Waals surface area contributed by atoms with E-state index in [4.69, 9.17) is 5.11 Å². The number of aryl methyl sites for hydroxylation is 1. The molecule has 0 saturated carbocycles. The van der Waals surface area contributed by atoms with Gasteiger partial charge >= 0.3 is 0 Å². The van der Waals surface area contributed by atoms with Crippen molar-refractivity contribution in [3.63, 3.8) is 0 Å². The lowest BCUT2D eigenvalue weighted by atomic mass is 9.76. The lowest BCUT2D eigenvalue weighted by Gasteiger charge is -2.25. The number of benzene rings is 1. The highest BCUT2D eigenvalue weighted by atomic mass is 16.3. The number of hydrogen-bond acceptors (Lipinski definition) is 3. The third kappa shape index (κ3) is 2.36. The average molecular weight is 275 g/mol. The fourth-order valence-corrected chi connectivity index (χ4v) is 2.85. The van der Waals surface area contributed by atoms with Crippen LogP contribution in [0.2, 0.25) is 0 Å². The second kappa shape index (κ2) is 5.75. The highest BCUT2D eigenvalue weighted by Crippen LogP contribution is 2.38. The van der Waals surface area contributed by atoms with Gasteiger partial charge in [0.05, 0.1) is 6.61 Å². The zero-order valence-corrected chi connectivity index (χ0v) is 12.1. The quantitative estimate of drug-likeness (QED) is 0.658. The molecule has 1 aliphatic heterocycles. The molecule has 0 bridgehead atoms. The molecule has 1 heterocycles. The van der Waals surface area contributed by atoms with E-state index in [0.29, 0.717) is 31.5 Å². The summed E-state index contributed by atoms with van der Waals surface area (Å²) in [6.07, 6.45) is 1.04. The van der Waals surface area contributed by atoms with Gasteiger partial charge in [0.15, 0.2) is 5.78 Å². The van der Waals surface area contributed by atoms with E-state index in [9.17, 15) is 9.59 Å². The highest BCUT2D eigenvalue weighted by Gasteiger charge is 2.50. The molecule has 1 fully saturated rings. The van der Waals surface area contributed by atoms with Crippen LogP contribution in [0.4, 0.5) is 0 Å². The van der Waals surface area contributed by atoms with Gasteiger partial charge in [0.1, 0.15) is 5.41 Å². The van der Waals surface area contributed by atoms with E-state index in [-0.39, 0.29) is 18.3 Å². The molecule has 0 aromatic heterocycles. The van der Waals surface area contributed by atoms with Gasteiger partial charge in [-0.3, -0.25) is 9.59 Å². The Bertz CT molecular complexity index is 509. The molecule has 1 saturated heterocycles. The summed E-state index contributed by atoms with van der Waals surface area (Å²) < 4.78 is 0. The number of Topliss-reactive ketones (excluding diaryl/α,β-unsaturated/α-hetero) is 1. The molecule has 1 atom stereocenters. The van der Waals surface area contributed by atoms with Crippen LogP contribution >= 0.6 is 0 Å². The molecule has 0 spiro atoms. The van der Waals surface area contributed by atoms with Crippen LogP contribution in [-0.4, -0.2) is 41.4 Å².